The fourth-order valence-corrected chi connectivity index (χ4v) is 0.983. The van der Waals surface area contributed by atoms with Crippen LogP contribution in [0.3, 0.4) is 0 Å². The molecular formula is C9H13FN2. The van der Waals surface area contributed by atoms with Gasteiger partial charge in [-0.25, -0.2) is 9.37 Å². The number of nitrogens with two attached hydrogens (primary N) is 1. The van der Waals surface area contributed by atoms with Crippen LogP contribution in [0.25, 0.3) is 0 Å². The summed E-state index contributed by atoms with van der Waals surface area (Å²) in [5, 5.41) is 0. The van der Waals surface area contributed by atoms with Gasteiger partial charge in [-0.15, -0.1) is 0 Å². The van der Waals surface area contributed by atoms with E-state index in [0.29, 0.717) is 11.5 Å². The lowest BCUT2D eigenvalue weighted by molar-refractivity contribution is 0.504. The Morgan fingerprint density at radius 3 is 2.33 bits per heavy atom. The van der Waals surface area contributed by atoms with Crippen molar-refractivity contribution in [1.82, 2.24) is 4.98 Å². The quantitative estimate of drug-likeness (QED) is 0.644. The van der Waals surface area contributed by atoms with Crippen LogP contribution in [0.4, 0.5) is 10.2 Å². The Hall–Kier alpha value is -1.12. The lowest BCUT2D eigenvalue weighted by Crippen LogP contribution is -2.16. The molecule has 1 rings (SSSR count). The number of rotatable bonds is 0. The molecule has 2 nitrogen and oxygen atoms in total. The maximum atomic E-state index is 13.1. The van der Waals surface area contributed by atoms with Crippen molar-refractivity contribution in [3.05, 3.63) is 23.6 Å². The maximum absolute atomic E-state index is 13.1. The van der Waals surface area contributed by atoms with Crippen LogP contribution < -0.4 is 5.73 Å². The number of hydrogen-bond acceptors (Lipinski definition) is 2. The van der Waals surface area contributed by atoms with Crippen LogP contribution in [0.5, 0.6) is 0 Å². The third-order valence-electron chi connectivity index (χ3n) is 1.58. The van der Waals surface area contributed by atoms with Crippen molar-refractivity contribution in [2.75, 3.05) is 5.73 Å². The van der Waals surface area contributed by atoms with Crippen LogP contribution in [-0.2, 0) is 5.41 Å². The highest BCUT2D eigenvalue weighted by Gasteiger charge is 2.19. The molecule has 1 heterocycles. The molecule has 0 aromatic carbocycles. The molecule has 0 saturated heterocycles. The second kappa shape index (κ2) is 2.73. The molecule has 12 heavy (non-hydrogen) atoms. The first-order valence-electron chi connectivity index (χ1n) is 3.84. The Kier molecular flexibility index (Phi) is 2.04. The van der Waals surface area contributed by atoms with E-state index in [9.17, 15) is 4.39 Å². The summed E-state index contributed by atoms with van der Waals surface area (Å²) in [4.78, 5) is 3.95. The molecule has 0 aliphatic carbocycles. The predicted octanol–water partition coefficient (Wildman–Crippen LogP) is 2.10. The largest absolute Gasteiger partial charge is 0.384 e. The van der Waals surface area contributed by atoms with Crippen molar-refractivity contribution in [2.45, 2.75) is 26.2 Å². The first-order chi connectivity index (χ1) is 5.41. The molecule has 0 aliphatic heterocycles. The van der Waals surface area contributed by atoms with E-state index in [1.54, 1.807) is 0 Å². The zero-order valence-electron chi connectivity index (χ0n) is 7.56. The van der Waals surface area contributed by atoms with E-state index in [2.05, 4.69) is 4.98 Å². The molecule has 1 aromatic rings. The van der Waals surface area contributed by atoms with E-state index < -0.39 is 0 Å². The molecule has 1 aromatic heterocycles. The number of hydrogen-bond donors (Lipinski definition) is 1. The Balaban J connectivity index is 3.23. The van der Waals surface area contributed by atoms with Gasteiger partial charge < -0.3 is 5.73 Å². The SMILES string of the molecule is CC(C)(C)c1nc(N)ccc1F. The molecule has 0 aliphatic rings. The van der Waals surface area contributed by atoms with Crippen molar-refractivity contribution >= 4 is 5.82 Å². The smallest absolute Gasteiger partial charge is 0.145 e. The minimum Gasteiger partial charge on any atom is -0.384 e. The highest BCUT2D eigenvalue weighted by Crippen LogP contribution is 2.23. The van der Waals surface area contributed by atoms with E-state index in [4.69, 9.17) is 5.73 Å². The van der Waals surface area contributed by atoms with Crippen LogP contribution in [-0.4, -0.2) is 4.98 Å². The Bertz CT molecular complexity index is 289. The molecule has 0 fully saturated rings. The molecule has 0 amide bonds. The molecule has 0 atom stereocenters. The first-order valence-corrected chi connectivity index (χ1v) is 3.84. The van der Waals surface area contributed by atoms with E-state index >= 15 is 0 Å². The van der Waals surface area contributed by atoms with E-state index in [1.165, 1.54) is 12.1 Å². The summed E-state index contributed by atoms with van der Waals surface area (Å²) in [6, 6.07) is 2.81. The molecular weight excluding hydrogens is 155 g/mol. The maximum Gasteiger partial charge on any atom is 0.145 e. The summed E-state index contributed by atoms with van der Waals surface area (Å²) in [7, 11) is 0. The predicted molar refractivity (Wildman–Crippen MR) is 47.3 cm³/mol. The summed E-state index contributed by atoms with van der Waals surface area (Å²) >= 11 is 0. The first kappa shape index (κ1) is 8.97. The Morgan fingerprint density at radius 1 is 1.33 bits per heavy atom. The average molecular weight is 168 g/mol. The summed E-state index contributed by atoms with van der Waals surface area (Å²) in [5.41, 5.74) is 5.57. The number of pyridine rings is 1. The highest BCUT2D eigenvalue weighted by molar-refractivity contribution is 5.32. The van der Waals surface area contributed by atoms with Crippen LogP contribution in [0, 0.1) is 5.82 Å². The lowest BCUT2D eigenvalue weighted by atomic mass is 9.91. The monoisotopic (exact) mass is 168 g/mol. The number of halogens is 1. The molecule has 2 N–H and O–H groups in total. The molecule has 0 saturated carbocycles. The Labute approximate surface area is 71.6 Å². The van der Waals surface area contributed by atoms with Crippen molar-refractivity contribution in [3.63, 3.8) is 0 Å². The van der Waals surface area contributed by atoms with Gasteiger partial charge in [0.1, 0.15) is 11.6 Å². The van der Waals surface area contributed by atoms with Crippen LogP contribution in [0.15, 0.2) is 12.1 Å². The molecule has 0 spiro atoms. The lowest BCUT2D eigenvalue weighted by Gasteiger charge is -2.18. The molecule has 0 unspecified atom stereocenters. The zero-order chi connectivity index (χ0) is 9.35. The van der Waals surface area contributed by atoms with Crippen LogP contribution in [0.2, 0.25) is 0 Å². The van der Waals surface area contributed by atoms with Gasteiger partial charge in [-0.3, -0.25) is 0 Å². The third-order valence-corrected chi connectivity index (χ3v) is 1.58. The number of nitrogens with zero attached hydrogens (tertiary/aromatic N) is 1. The molecule has 0 bridgehead atoms. The van der Waals surface area contributed by atoms with Crippen LogP contribution >= 0.6 is 0 Å². The molecule has 3 heteroatoms. The second-order valence-electron chi connectivity index (χ2n) is 3.82. The summed E-state index contributed by atoms with van der Waals surface area (Å²) in [6.07, 6.45) is 0. The van der Waals surface area contributed by atoms with Gasteiger partial charge in [-0.2, -0.15) is 0 Å². The fraction of sp³-hybridized carbons (Fsp3) is 0.444. The number of aromatic nitrogens is 1. The van der Waals surface area contributed by atoms with E-state index in [0.717, 1.165) is 0 Å². The van der Waals surface area contributed by atoms with Gasteiger partial charge in [0.25, 0.3) is 0 Å². The normalized spacial score (nSPS) is 11.7. The van der Waals surface area contributed by atoms with Gasteiger partial charge in [-0.1, -0.05) is 20.8 Å². The van der Waals surface area contributed by atoms with Gasteiger partial charge >= 0.3 is 0 Å². The van der Waals surface area contributed by atoms with Gasteiger partial charge in [0.05, 0.1) is 5.69 Å². The average Bonchev–Trinajstić information content (AvgIpc) is 1.92. The minimum absolute atomic E-state index is 0.292. The van der Waals surface area contributed by atoms with Crippen molar-refractivity contribution in [2.24, 2.45) is 0 Å². The summed E-state index contributed by atoms with van der Waals surface area (Å²) in [6.45, 7) is 5.70. The van der Waals surface area contributed by atoms with Crippen molar-refractivity contribution < 1.29 is 4.39 Å². The second-order valence-corrected chi connectivity index (χ2v) is 3.82. The zero-order valence-corrected chi connectivity index (χ0v) is 7.56. The van der Waals surface area contributed by atoms with E-state index in [-0.39, 0.29) is 11.2 Å². The third kappa shape index (κ3) is 1.72. The van der Waals surface area contributed by atoms with Crippen molar-refractivity contribution in [3.8, 4) is 0 Å². The van der Waals surface area contributed by atoms with Gasteiger partial charge in [0, 0.05) is 5.41 Å². The summed E-state index contributed by atoms with van der Waals surface area (Å²) < 4.78 is 13.1. The number of anilines is 1. The van der Waals surface area contributed by atoms with Crippen LogP contribution in [0.1, 0.15) is 26.5 Å². The fourth-order valence-electron chi connectivity index (χ4n) is 0.983. The number of nitrogen functional groups attached to an aromatic ring is 1. The molecule has 0 radical (unpaired) electrons. The van der Waals surface area contributed by atoms with Gasteiger partial charge in [0.15, 0.2) is 0 Å². The Morgan fingerprint density at radius 2 is 1.92 bits per heavy atom. The minimum atomic E-state index is -0.295. The van der Waals surface area contributed by atoms with E-state index in [1.807, 2.05) is 20.8 Å². The standard InChI is InChI=1S/C9H13FN2/c1-9(2,3)8-6(10)4-5-7(11)12-8/h4-5H,1-3H3,(H2,11,12). The van der Waals surface area contributed by atoms with Gasteiger partial charge in [-0.05, 0) is 12.1 Å². The highest BCUT2D eigenvalue weighted by atomic mass is 19.1. The molecule has 66 valence electrons. The topological polar surface area (TPSA) is 38.9 Å². The summed E-state index contributed by atoms with van der Waals surface area (Å²) in [5.74, 6) is 0.0676. The van der Waals surface area contributed by atoms with Gasteiger partial charge in [0.2, 0.25) is 0 Å². The van der Waals surface area contributed by atoms with Crippen molar-refractivity contribution in [1.29, 1.82) is 0 Å².